The third-order valence-electron chi connectivity index (χ3n) is 6.46. The van der Waals surface area contributed by atoms with Crippen molar-refractivity contribution in [3.63, 3.8) is 0 Å². The summed E-state index contributed by atoms with van der Waals surface area (Å²) in [5, 5.41) is 11.6. The number of hydrogen-bond acceptors (Lipinski definition) is 6. The van der Waals surface area contributed by atoms with Crippen molar-refractivity contribution in [1.29, 1.82) is 0 Å². The fourth-order valence-corrected chi connectivity index (χ4v) is 4.76. The molecule has 9 nitrogen and oxygen atoms in total. The molecule has 2 aromatic carbocycles. The van der Waals surface area contributed by atoms with E-state index in [-0.39, 0.29) is 36.4 Å². The molecule has 2 aliphatic rings. The fourth-order valence-electron chi connectivity index (χ4n) is 4.76. The first-order valence-electron chi connectivity index (χ1n) is 11.4. The third kappa shape index (κ3) is 4.63. The van der Waals surface area contributed by atoms with E-state index in [2.05, 4.69) is 17.4 Å². The Morgan fingerprint density at radius 1 is 0.943 bits per heavy atom. The van der Waals surface area contributed by atoms with Crippen molar-refractivity contribution in [3.05, 3.63) is 77.7 Å². The van der Waals surface area contributed by atoms with E-state index in [9.17, 15) is 14.4 Å². The maximum Gasteiger partial charge on any atom is 0.411 e. The number of aliphatic carboxylic acids is 1. The van der Waals surface area contributed by atoms with E-state index in [1.807, 2.05) is 36.4 Å². The Morgan fingerprint density at radius 3 is 2.20 bits per heavy atom. The highest BCUT2D eigenvalue weighted by atomic mass is 16.5. The van der Waals surface area contributed by atoms with Crippen LogP contribution in [0.1, 0.15) is 27.6 Å². The molecule has 3 aromatic rings. The summed E-state index contributed by atoms with van der Waals surface area (Å²) in [6.07, 6.45) is 0.668. The maximum absolute atomic E-state index is 12.9. The van der Waals surface area contributed by atoms with Crippen LogP contribution in [0.3, 0.4) is 0 Å². The van der Waals surface area contributed by atoms with E-state index in [4.69, 9.17) is 14.3 Å². The van der Waals surface area contributed by atoms with Gasteiger partial charge in [0.2, 0.25) is 5.76 Å². The molecule has 2 N–H and O–H groups in total. The number of benzene rings is 2. The van der Waals surface area contributed by atoms with Gasteiger partial charge in [-0.05, 0) is 22.3 Å². The first kappa shape index (κ1) is 22.7. The number of carboxylic acid groups (broad SMARTS) is 1. The molecule has 5 rings (SSSR count). The molecule has 1 aromatic heterocycles. The van der Waals surface area contributed by atoms with Gasteiger partial charge in [-0.3, -0.25) is 19.8 Å². The van der Waals surface area contributed by atoms with Crippen LogP contribution in [0.5, 0.6) is 0 Å². The maximum atomic E-state index is 12.9. The smallest absolute Gasteiger partial charge is 0.411 e. The number of hydrogen-bond donors (Lipinski definition) is 2. The molecule has 180 valence electrons. The van der Waals surface area contributed by atoms with Crippen molar-refractivity contribution in [2.75, 3.05) is 44.6 Å². The largest absolute Gasteiger partial charge is 0.480 e. The normalized spacial score (nSPS) is 15.4. The highest BCUT2D eigenvalue weighted by Gasteiger charge is 2.30. The van der Waals surface area contributed by atoms with Gasteiger partial charge in [-0.25, -0.2) is 4.79 Å². The lowest BCUT2D eigenvalue weighted by molar-refractivity contribution is -0.138. The molecule has 0 unspecified atom stereocenters. The first-order valence-corrected chi connectivity index (χ1v) is 11.4. The summed E-state index contributed by atoms with van der Waals surface area (Å²) in [7, 11) is 0. The molecule has 0 saturated carbocycles. The van der Waals surface area contributed by atoms with Crippen LogP contribution in [0, 0.1) is 0 Å². The van der Waals surface area contributed by atoms with Gasteiger partial charge in [0.1, 0.15) is 6.61 Å². The Morgan fingerprint density at radius 2 is 1.57 bits per heavy atom. The van der Waals surface area contributed by atoms with Gasteiger partial charge in [0.15, 0.2) is 0 Å². The van der Waals surface area contributed by atoms with Crippen molar-refractivity contribution in [1.82, 2.24) is 9.80 Å². The lowest BCUT2D eigenvalue weighted by Crippen LogP contribution is -2.49. The monoisotopic (exact) mass is 475 g/mol. The van der Waals surface area contributed by atoms with Crippen LogP contribution in [-0.4, -0.2) is 72.2 Å². The van der Waals surface area contributed by atoms with E-state index < -0.39 is 12.1 Å². The van der Waals surface area contributed by atoms with Crippen molar-refractivity contribution < 1.29 is 28.6 Å². The number of nitrogens with zero attached hydrogens (tertiary/aromatic N) is 2. The van der Waals surface area contributed by atoms with Gasteiger partial charge in [0.25, 0.3) is 5.91 Å². The topological polar surface area (TPSA) is 112 Å². The predicted molar refractivity (Wildman–Crippen MR) is 127 cm³/mol. The Balaban J connectivity index is 1.21. The molecule has 1 saturated heterocycles. The summed E-state index contributed by atoms with van der Waals surface area (Å²) in [6, 6.07) is 17.7. The average molecular weight is 476 g/mol. The Labute approximate surface area is 201 Å². The number of carbonyl (C=O) groups is 3. The molecule has 1 aliphatic heterocycles. The van der Waals surface area contributed by atoms with Crippen molar-refractivity contribution >= 4 is 23.7 Å². The van der Waals surface area contributed by atoms with Crippen LogP contribution in [0.4, 0.5) is 10.5 Å². The summed E-state index contributed by atoms with van der Waals surface area (Å²) < 4.78 is 10.9. The van der Waals surface area contributed by atoms with Gasteiger partial charge < -0.3 is 19.2 Å². The van der Waals surface area contributed by atoms with E-state index in [0.717, 1.165) is 22.3 Å². The molecular weight excluding hydrogens is 450 g/mol. The SMILES string of the molecule is O=C(O)CN1CCN(C(=O)c2occc2NC(=O)OCC2c3ccccc3-c3ccccc32)CC1. The van der Waals surface area contributed by atoms with Gasteiger partial charge in [-0.2, -0.15) is 0 Å². The van der Waals surface area contributed by atoms with E-state index in [0.29, 0.717) is 26.2 Å². The summed E-state index contributed by atoms with van der Waals surface area (Å²) in [5.74, 6) is -1.31. The lowest BCUT2D eigenvalue weighted by Gasteiger charge is -2.33. The third-order valence-corrected chi connectivity index (χ3v) is 6.46. The van der Waals surface area contributed by atoms with E-state index in [1.165, 1.54) is 12.3 Å². The number of piperazine rings is 1. The minimum atomic E-state index is -0.898. The standard InChI is InChI=1S/C26H25N3O6/c30-23(31)15-28-10-12-29(13-11-28)25(32)24-22(9-14-34-24)27-26(33)35-16-21-19-7-3-1-5-17(19)18-6-2-4-8-20(18)21/h1-9,14,21H,10-13,15-16H2,(H,27,33)(H,30,31). The quantitative estimate of drug-likeness (QED) is 0.561. The van der Waals surface area contributed by atoms with Gasteiger partial charge in [0.05, 0.1) is 18.5 Å². The summed E-state index contributed by atoms with van der Waals surface area (Å²) in [4.78, 5) is 39.8. The zero-order valence-electron chi connectivity index (χ0n) is 19.0. The number of carboxylic acids is 1. The molecular formula is C26H25N3O6. The van der Waals surface area contributed by atoms with Gasteiger partial charge in [-0.15, -0.1) is 0 Å². The first-order chi connectivity index (χ1) is 17.0. The number of fused-ring (bicyclic) bond motifs is 3. The molecule has 0 bridgehead atoms. The molecule has 1 fully saturated rings. The van der Waals surface area contributed by atoms with Crippen LogP contribution in [0.25, 0.3) is 11.1 Å². The van der Waals surface area contributed by atoms with E-state index in [1.54, 1.807) is 9.80 Å². The van der Waals surface area contributed by atoms with Gasteiger partial charge in [0, 0.05) is 38.2 Å². The Bertz CT molecular complexity index is 1220. The molecule has 1 aliphatic carbocycles. The summed E-state index contributed by atoms with van der Waals surface area (Å²) in [6.45, 7) is 1.75. The summed E-state index contributed by atoms with van der Waals surface area (Å²) in [5.41, 5.74) is 4.75. The van der Waals surface area contributed by atoms with Crippen LogP contribution in [0.2, 0.25) is 0 Å². The Kier molecular flexibility index (Phi) is 6.24. The molecule has 2 amide bonds. The number of carbonyl (C=O) groups excluding carboxylic acids is 2. The zero-order valence-corrected chi connectivity index (χ0v) is 19.0. The second-order valence-corrected chi connectivity index (χ2v) is 8.58. The molecule has 0 atom stereocenters. The zero-order chi connectivity index (χ0) is 24.4. The fraction of sp³-hybridized carbons (Fsp3) is 0.269. The number of anilines is 1. The molecule has 9 heteroatoms. The van der Waals surface area contributed by atoms with Gasteiger partial charge in [-0.1, -0.05) is 48.5 Å². The van der Waals surface area contributed by atoms with Crippen LogP contribution in [-0.2, 0) is 9.53 Å². The molecule has 2 heterocycles. The van der Waals surface area contributed by atoms with Crippen LogP contribution in [0.15, 0.2) is 65.3 Å². The number of nitrogens with one attached hydrogen (secondary N) is 1. The lowest BCUT2D eigenvalue weighted by atomic mass is 9.98. The minimum absolute atomic E-state index is 0.0187. The van der Waals surface area contributed by atoms with Crippen molar-refractivity contribution in [2.24, 2.45) is 0 Å². The number of rotatable bonds is 6. The number of furan rings is 1. The second-order valence-electron chi connectivity index (χ2n) is 8.58. The molecule has 0 spiro atoms. The van der Waals surface area contributed by atoms with Crippen LogP contribution < -0.4 is 5.32 Å². The Hall–Kier alpha value is -4.11. The van der Waals surface area contributed by atoms with Gasteiger partial charge >= 0.3 is 12.1 Å². The highest BCUT2D eigenvalue weighted by molar-refractivity contribution is 6.00. The van der Waals surface area contributed by atoms with E-state index >= 15 is 0 Å². The number of ether oxygens (including phenoxy) is 1. The minimum Gasteiger partial charge on any atom is -0.480 e. The predicted octanol–water partition coefficient (Wildman–Crippen LogP) is 3.48. The van der Waals surface area contributed by atoms with Crippen molar-refractivity contribution in [2.45, 2.75) is 5.92 Å². The second kappa shape index (κ2) is 9.63. The average Bonchev–Trinajstić information content (AvgIpc) is 3.45. The number of amides is 2. The van der Waals surface area contributed by atoms with Crippen LogP contribution >= 0.6 is 0 Å². The summed E-state index contributed by atoms with van der Waals surface area (Å²) >= 11 is 0. The van der Waals surface area contributed by atoms with Crippen molar-refractivity contribution in [3.8, 4) is 11.1 Å². The molecule has 35 heavy (non-hydrogen) atoms. The highest BCUT2D eigenvalue weighted by Crippen LogP contribution is 2.44. The molecule has 0 radical (unpaired) electrons.